The van der Waals surface area contributed by atoms with Crippen LogP contribution in [0.25, 0.3) is 0 Å². The Balaban J connectivity index is 1.55. The Hall–Kier alpha value is -1.10. The van der Waals surface area contributed by atoms with Crippen LogP contribution in [-0.2, 0) is 14.9 Å². The second-order valence-electron chi connectivity index (χ2n) is 7.64. The molecule has 5 heteroatoms. The maximum atomic E-state index is 13.6. The third kappa shape index (κ3) is 3.32. The molecule has 0 aromatic heterocycles. The number of hydrogen-bond donors (Lipinski definition) is 0. The second kappa shape index (κ2) is 7.26. The molecule has 25 heavy (non-hydrogen) atoms. The molecule has 0 saturated carbocycles. The summed E-state index contributed by atoms with van der Waals surface area (Å²) in [6.07, 6.45) is 5.24. The van der Waals surface area contributed by atoms with E-state index in [1.54, 1.807) is 0 Å². The molecule has 0 radical (unpaired) electrons. The molecule has 1 aromatic rings. The van der Waals surface area contributed by atoms with Crippen molar-refractivity contribution in [2.45, 2.75) is 43.6 Å². The minimum absolute atomic E-state index is 0.291. The zero-order valence-corrected chi connectivity index (χ0v) is 15.5. The van der Waals surface area contributed by atoms with E-state index in [0.717, 1.165) is 37.9 Å². The lowest BCUT2D eigenvalue weighted by molar-refractivity contribution is -0.140. The summed E-state index contributed by atoms with van der Waals surface area (Å²) in [4.78, 5) is 18.3. The van der Waals surface area contributed by atoms with Crippen LogP contribution in [0.15, 0.2) is 24.3 Å². The van der Waals surface area contributed by atoms with Gasteiger partial charge in [-0.1, -0.05) is 23.7 Å². The molecule has 1 amide bonds. The van der Waals surface area contributed by atoms with Gasteiger partial charge in [0, 0.05) is 37.4 Å². The van der Waals surface area contributed by atoms with Gasteiger partial charge < -0.3 is 9.64 Å². The summed E-state index contributed by atoms with van der Waals surface area (Å²) >= 11 is 6.07. The van der Waals surface area contributed by atoms with Crippen molar-refractivity contribution in [1.29, 1.82) is 0 Å². The molecule has 1 atom stereocenters. The molecule has 1 aromatic carbocycles. The maximum absolute atomic E-state index is 13.6. The Bertz CT molecular complexity index is 607. The van der Waals surface area contributed by atoms with E-state index >= 15 is 0 Å². The largest absolute Gasteiger partial charge is 0.381 e. The van der Waals surface area contributed by atoms with Crippen molar-refractivity contribution in [2.24, 2.45) is 0 Å². The first-order valence-electron chi connectivity index (χ1n) is 9.56. The van der Waals surface area contributed by atoms with Crippen molar-refractivity contribution >= 4 is 17.5 Å². The van der Waals surface area contributed by atoms with E-state index in [1.165, 1.54) is 25.9 Å². The van der Waals surface area contributed by atoms with Gasteiger partial charge in [-0.3, -0.25) is 9.69 Å². The number of amides is 1. The topological polar surface area (TPSA) is 32.8 Å². The lowest BCUT2D eigenvalue weighted by Crippen LogP contribution is -2.50. The third-order valence-corrected chi connectivity index (χ3v) is 6.51. The fourth-order valence-electron chi connectivity index (χ4n) is 4.75. The third-order valence-electron chi connectivity index (χ3n) is 6.26. The summed E-state index contributed by atoms with van der Waals surface area (Å²) in [5.74, 6) is 0.291. The van der Waals surface area contributed by atoms with Gasteiger partial charge in [-0.2, -0.15) is 0 Å². The molecule has 3 saturated heterocycles. The van der Waals surface area contributed by atoms with Crippen LogP contribution in [0.5, 0.6) is 0 Å². The van der Waals surface area contributed by atoms with Gasteiger partial charge in [-0.25, -0.2) is 0 Å². The first-order chi connectivity index (χ1) is 12.2. The Morgan fingerprint density at radius 1 is 1.08 bits per heavy atom. The fourth-order valence-corrected chi connectivity index (χ4v) is 4.87. The summed E-state index contributed by atoms with van der Waals surface area (Å²) in [7, 11) is 0. The van der Waals surface area contributed by atoms with E-state index in [2.05, 4.69) is 9.80 Å². The van der Waals surface area contributed by atoms with Gasteiger partial charge in [-0.05, 0) is 62.9 Å². The summed E-state index contributed by atoms with van der Waals surface area (Å²) in [6, 6.07) is 8.41. The highest BCUT2D eigenvalue weighted by Gasteiger charge is 2.46. The SMILES string of the molecule is O=C(N1CCC(N2CCCC2)C1)C1(c2ccc(Cl)cc2)CCOCC1. The number of nitrogens with zero attached hydrogens (tertiary/aromatic N) is 2. The van der Waals surface area contributed by atoms with Crippen molar-refractivity contribution < 1.29 is 9.53 Å². The van der Waals surface area contributed by atoms with Gasteiger partial charge in [0.2, 0.25) is 5.91 Å². The Kier molecular flexibility index (Phi) is 5.03. The van der Waals surface area contributed by atoms with E-state index in [0.29, 0.717) is 30.2 Å². The Morgan fingerprint density at radius 2 is 1.76 bits per heavy atom. The minimum atomic E-state index is -0.442. The van der Waals surface area contributed by atoms with Gasteiger partial charge in [0.15, 0.2) is 0 Å². The van der Waals surface area contributed by atoms with E-state index in [1.807, 2.05) is 24.3 Å². The van der Waals surface area contributed by atoms with Crippen molar-refractivity contribution in [3.05, 3.63) is 34.9 Å². The number of halogens is 1. The zero-order valence-electron chi connectivity index (χ0n) is 14.8. The van der Waals surface area contributed by atoms with Crippen LogP contribution in [-0.4, -0.2) is 61.1 Å². The smallest absolute Gasteiger partial charge is 0.233 e. The monoisotopic (exact) mass is 362 g/mol. The first kappa shape index (κ1) is 17.3. The number of carbonyl (C=O) groups excluding carboxylic acids is 1. The molecule has 0 aliphatic carbocycles. The molecule has 3 heterocycles. The molecule has 136 valence electrons. The molecule has 3 aliphatic heterocycles. The quantitative estimate of drug-likeness (QED) is 0.828. The van der Waals surface area contributed by atoms with Crippen molar-refractivity contribution in [3.63, 3.8) is 0 Å². The Labute approximate surface area is 155 Å². The van der Waals surface area contributed by atoms with Gasteiger partial charge in [0.05, 0.1) is 5.41 Å². The predicted molar refractivity (Wildman–Crippen MR) is 99.0 cm³/mol. The highest BCUT2D eigenvalue weighted by Crippen LogP contribution is 2.38. The average Bonchev–Trinajstić information content (AvgIpc) is 3.33. The molecule has 4 rings (SSSR count). The second-order valence-corrected chi connectivity index (χ2v) is 8.07. The fraction of sp³-hybridized carbons (Fsp3) is 0.650. The predicted octanol–water partition coefficient (Wildman–Crippen LogP) is 3.08. The minimum Gasteiger partial charge on any atom is -0.381 e. The van der Waals surface area contributed by atoms with Gasteiger partial charge in [0.1, 0.15) is 0 Å². The number of carbonyl (C=O) groups is 1. The molecule has 4 nitrogen and oxygen atoms in total. The maximum Gasteiger partial charge on any atom is 0.233 e. The molecule has 1 unspecified atom stereocenters. The van der Waals surface area contributed by atoms with Gasteiger partial charge >= 0.3 is 0 Å². The van der Waals surface area contributed by atoms with Crippen molar-refractivity contribution in [1.82, 2.24) is 9.80 Å². The van der Waals surface area contributed by atoms with Gasteiger partial charge in [0.25, 0.3) is 0 Å². The van der Waals surface area contributed by atoms with Crippen molar-refractivity contribution in [2.75, 3.05) is 39.4 Å². The zero-order chi connectivity index (χ0) is 17.3. The molecular weight excluding hydrogens is 336 g/mol. The summed E-state index contributed by atoms with van der Waals surface area (Å²) < 4.78 is 5.58. The van der Waals surface area contributed by atoms with Crippen molar-refractivity contribution in [3.8, 4) is 0 Å². The number of likely N-dealkylation sites (tertiary alicyclic amines) is 2. The summed E-state index contributed by atoms with van der Waals surface area (Å²) in [6.45, 7) is 5.46. The van der Waals surface area contributed by atoms with Crippen LogP contribution < -0.4 is 0 Å². The van der Waals surface area contributed by atoms with Crippen LogP contribution in [0.4, 0.5) is 0 Å². The van der Waals surface area contributed by atoms with Crippen LogP contribution in [0.2, 0.25) is 5.02 Å². The lowest BCUT2D eigenvalue weighted by Gasteiger charge is -2.39. The lowest BCUT2D eigenvalue weighted by atomic mass is 9.73. The van der Waals surface area contributed by atoms with Gasteiger partial charge in [-0.15, -0.1) is 0 Å². The first-order valence-corrected chi connectivity index (χ1v) is 9.94. The number of ether oxygens (including phenoxy) is 1. The molecule has 0 spiro atoms. The van der Waals surface area contributed by atoms with E-state index in [4.69, 9.17) is 16.3 Å². The van der Waals surface area contributed by atoms with Crippen LogP contribution in [0.1, 0.15) is 37.7 Å². The Morgan fingerprint density at radius 3 is 2.44 bits per heavy atom. The van der Waals surface area contributed by atoms with E-state index < -0.39 is 5.41 Å². The molecular formula is C20H27ClN2O2. The van der Waals surface area contributed by atoms with E-state index in [-0.39, 0.29) is 0 Å². The highest BCUT2D eigenvalue weighted by atomic mass is 35.5. The standard InChI is InChI=1S/C20H27ClN2O2/c21-17-5-3-16(4-6-17)20(8-13-25-14-9-20)19(24)23-12-7-18(15-23)22-10-1-2-11-22/h3-6,18H,1-2,7-15H2. The molecule has 3 fully saturated rings. The molecule has 3 aliphatic rings. The van der Waals surface area contributed by atoms with E-state index in [9.17, 15) is 4.79 Å². The normalized spacial score (nSPS) is 26.9. The summed E-state index contributed by atoms with van der Waals surface area (Å²) in [5, 5.41) is 0.716. The molecule has 0 N–H and O–H groups in total. The summed E-state index contributed by atoms with van der Waals surface area (Å²) in [5.41, 5.74) is 0.651. The van der Waals surface area contributed by atoms with Crippen LogP contribution in [0.3, 0.4) is 0 Å². The van der Waals surface area contributed by atoms with Crippen LogP contribution >= 0.6 is 11.6 Å². The number of hydrogen-bond acceptors (Lipinski definition) is 3. The number of rotatable bonds is 3. The highest BCUT2D eigenvalue weighted by molar-refractivity contribution is 6.30. The molecule has 0 bridgehead atoms. The van der Waals surface area contributed by atoms with Crippen LogP contribution in [0, 0.1) is 0 Å². The number of benzene rings is 1. The average molecular weight is 363 g/mol.